The minimum Gasteiger partial charge on any atom is -0.309 e. The van der Waals surface area contributed by atoms with Crippen molar-refractivity contribution in [3.63, 3.8) is 0 Å². The van der Waals surface area contributed by atoms with Gasteiger partial charge in [0.2, 0.25) is 5.91 Å². The summed E-state index contributed by atoms with van der Waals surface area (Å²) in [6.07, 6.45) is 5.51. The molecule has 2 rings (SSSR count). The van der Waals surface area contributed by atoms with Crippen LogP contribution in [0.4, 0.5) is 5.82 Å². The molecule has 24 heavy (non-hydrogen) atoms. The second-order valence-corrected chi connectivity index (χ2v) is 6.86. The van der Waals surface area contributed by atoms with Gasteiger partial charge in [0.05, 0.1) is 17.1 Å². The molecule has 6 nitrogen and oxygen atoms in total. The zero-order valence-corrected chi connectivity index (χ0v) is 14.9. The molecule has 2 aromatic rings. The normalized spacial score (nSPS) is 11.8. The Balaban J connectivity index is 2.25. The van der Waals surface area contributed by atoms with Crippen LogP contribution in [0.5, 0.6) is 0 Å². The number of unbranched alkanes of at least 4 members (excludes halogenated alkanes) is 1. The number of nitrogens with one attached hydrogen (secondary N) is 1. The van der Waals surface area contributed by atoms with Crippen molar-refractivity contribution >= 4 is 23.5 Å². The largest absolute Gasteiger partial charge is 0.309 e. The van der Waals surface area contributed by atoms with E-state index < -0.39 is 0 Å². The zero-order valence-electron chi connectivity index (χ0n) is 14.1. The molecule has 1 unspecified atom stereocenters. The molecule has 0 aliphatic rings. The maximum absolute atomic E-state index is 12.5. The van der Waals surface area contributed by atoms with Gasteiger partial charge in [0.1, 0.15) is 11.9 Å². The highest BCUT2D eigenvalue weighted by molar-refractivity contribution is 8.00. The van der Waals surface area contributed by atoms with Crippen molar-refractivity contribution in [1.82, 2.24) is 14.8 Å². The van der Waals surface area contributed by atoms with E-state index in [0.29, 0.717) is 22.8 Å². The highest BCUT2D eigenvalue weighted by atomic mass is 32.2. The number of nitrogens with zero attached hydrogens (tertiary/aromatic N) is 4. The molecule has 1 amide bonds. The van der Waals surface area contributed by atoms with Gasteiger partial charge >= 0.3 is 0 Å². The number of pyridine rings is 1. The van der Waals surface area contributed by atoms with Crippen molar-refractivity contribution in [2.24, 2.45) is 0 Å². The van der Waals surface area contributed by atoms with E-state index in [0.717, 1.165) is 18.6 Å². The van der Waals surface area contributed by atoms with Gasteiger partial charge in [0.25, 0.3) is 0 Å². The van der Waals surface area contributed by atoms with Crippen LogP contribution in [-0.4, -0.2) is 31.7 Å². The topological polar surface area (TPSA) is 83.6 Å². The van der Waals surface area contributed by atoms with Gasteiger partial charge in [0.15, 0.2) is 5.69 Å². The summed E-state index contributed by atoms with van der Waals surface area (Å²) < 4.78 is 1.56. The van der Waals surface area contributed by atoms with E-state index in [-0.39, 0.29) is 11.2 Å². The van der Waals surface area contributed by atoms with E-state index >= 15 is 0 Å². The van der Waals surface area contributed by atoms with Crippen LogP contribution in [0, 0.1) is 18.3 Å². The van der Waals surface area contributed by atoms with Crippen LogP contribution in [0.1, 0.15) is 37.9 Å². The third kappa shape index (κ3) is 4.15. The summed E-state index contributed by atoms with van der Waals surface area (Å²) in [6.45, 7) is 5.80. The lowest BCUT2D eigenvalue weighted by Gasteiger charge is -2.14. The predicted octanol–water partition coefficient (Wildman–Crippen LogP) is 3.31. The lowest BCUT2D eigenvalue weighted by atomic mass is 10.2. The van der Waals surface area contributed by atoms with Crippen molar-refractivity contribution in [3.05, 3.63) is 35.8 Å². The van der Waals surface area contributed by atoms with Crippen molar-refractivity contribution in [2.45, 2.75) is 38.9 Å². The number of carbonyl (C=O) groups is 1. The van der Waals surface area contributed by atoms with Crippen LogP contribution in [0.25, 0.3) is 5.69 Å². The molecule has 0 bridgehead atoms. The van der Waals surface area contributed by atoms with Gasteiger partial charge in [-0.25, -0.2) is 4.68 Å². The summed E-state index contributed by atoms with van der Waals surface area (Å²) in [6, 6.07) is 5.68. The maximum atomic E-state index is 12.5. The summed E-state index contributed by atoms with van der Waals surface area (Å²) in [7, 11) is 0. The van der Waals surface area contributed by atoms with E-state index in [9.17, 15) is 10.1 Å². The van der Waals surface area contributed by atoms with Crippen LogP contribution in [0.15, 0.2) is 24.5 Å². The molecular weight excluding hydrogens is 322 g/mol. The van der Waals surface area contributed by atoms with Crippen molar-refractivity contribution in [2.75, 3.05) is 11.1 Å². The number of amides is 1. The minimum absolute atomic E-state index is 0.0891. The molecule has 1 N–H and O–H groups in total. The van der Waals surface area contributed by atoms with E-state index in [1.165, 1.54) is 0 Å². The van der Waals surface area contributed by atoms with Gasteiger partial charge in [-0.3, -0.25) is 9.78 Å². The highest BCUT2D eigenvalue weighted by Crippen LogP contribution is 2.24. The highest BCUT2D eigenvalue weighted by Gasteiger charge is 2.20. The van der Waals surface area contributed by atoms with E-state index in [4.69, 9.17) is 0 Å². The van der Waals surface area contributed by atoms with Crippen LogP contribution in [0.3, 0.4) is 0 Å². The average molecular weight is 343 g/mol. The maximum Gasteiger partial charge on any atom is 0.238 e. The number of hydrogen-bond acceptors (Lipinski definition) is 5. The average Bonchev–Trinajstić information content (AvgIpc) is 2.92. The Bertz CT molecular complexity index is 735. The van der Waals surface area contributed by atoms with E-state index in [2.05, 4.69) is 28.4 Å². The molecule has 126 valence electrons. The van der Waals surface area contributed by atoms with Gasteiger partial charge in [-0.15, -0.1) is 11.8 Å². The smallest absolute Gasteiger partial charge is 0.238 e. The van der Waals surface area contributed by atoms with Crippen molar-refractivity contribution in [1.29, 1.82) is 5.26 Å². The van der Waals surface area contributed by atoms with Crippen molar-refractivity contribution < 1.29 is 4.79 Å². The van der Waals surface area contributed by atoms with Gasteiger partial charge in [-0.05, 0) is 38.2 Å². The number of hydrogen-bond donors (Lipinski definition) is 1. The number of rotatable bonds is 7. The molecular formula is C17H21N5OS. The molecule has 2 heterocycles. The fraction of sp³-hybridized carbons (Fsp3) is 0.412. The Kier molecular flexibility index (Phi) is 6.38. The Morgan fingerprint density at radius 3 is 2.96 bits per heavy atom. The summed E-state index contributed by atoms with van der Waals surface area (Å²) in [4.78, 5) is 16.5. The first kappa shape index (κ1) is 18.0. The summed E-state index contributed by atoms with van der Waals surface area (Å²) in [5, 5.41) is 16.3. The third-order valence-corrected chi connectivity index (χ3v) is 4.83. The lowest BCUT2D eigenvalue weighted by molar-refractivity contribution is -0.115. The standard InChI is InChI=1S/C17H21N5OS/c1-4-5-9-24-13(3)17(23)20-16-12(2)15(10-18)21-22(16)14-7-6-8-19-11-14/h6-8,11,13H,4-5,9H2,1-3H3,(H,20,23). The van der Waals surface area contributed by atoms with Gasteiger partial charge in [0, 0.05) is 11.8 Å². The molecule has 0 fully saturated rings. The van der Waals surface area contributed by atoms with Gasteiger partial charge < -0.3 is 5.32 Å². The molecule has 1 atom stereocenters. The second-order valence-electron chi connectivity index (χ2n) is 5.41. The molecule has 0 aliphatic heterocycles. The fourth-order valence-corrected chi connectivity index (χ4v) is 3.13. The Labute approximate surface area is 146 Å². The minimum atomic E-state index is -0.168. The SMILES string of the molecule is CCCCSC(C)C(=O)Nc1c(C)c(C#N)nn1-c1cccnc1. The molecule has 0 radical (unpaired) electrons. The van der Waals surface area contributed by atoms with Gasteiger partial charge in [-0.2, -0.15) is 10.4 Å². The zero-order chi connectivity index (χ0) is 17.5. The van der Waals surface area contributed by atoms with E-state index in [1.54, 1.807) is 41.8 Å². The summed E-state index contributed by atoms with van der Waals surface area (Å²) in [5.41, 5.74) is 1.64. The molecule has 0 saturated carbocycles. The first-order chi connectivity index (χ1) is 11.6. The van der Waals surface area contributed by atoms with Gasteiger partial charge in [-0.1, -0.05) is 13.3 Å². The number of anilines is 1. The van der Waals surface area contributed by atoms with Crippen LogP contribution in [-0.2, 0) is 4.79 Å². The monoisotopic (exact) mass is 343 g/mol. The number of aromatic nitrogens is 3. The Hall–Kier alpha value is -2.33. The van der Waals surface area contributed by atoms with E-state index in [1.807, 2.05) is 13.0 Å². The van der Waals surface area contributed by atoms with Crippen LogP contribution < -0.4 is 5.32 Å². The summed E-state index contributed by atoms with van der Waals surface area (Å²) >= 11 is 1.63. The van der Waals surface area contributed by atoms with Crippen molar-refractivity contribution in [3.8, 4) is 11.8 Å². The Morgan fingerprint density at radius 2 is 2.33 bits per heavy atom. The quantitative estimate of drug-likeness (QED) is 0.780. The molecule has 0 aliphatic carbocycles. The molecule has 2 aromatic heterocycles. The number of nitriles is 1. The lowest BCUT2D eigenvalue weighted by Crippen LogP contribution is -2.24. The number of carbonyl (C=O) groups excluding carboxylic acids is 1. The number of thioether (sulfide) groups is 1. The molecule has 7 heteroatoms. The first-order valence-electron chi connectivity index (χ1n) is 7.91. The predicted molar refractivity (Wildman–Crippen MR) is 96.3 cm³/mol. The Morgan fingerprint density at radius 1 is 1.54 bits per heavy atom. The van der Waals surface area contributed by atoms with Crippen LogP contribution in [0.2, 0.25) is 0 Å². The second kappa shape index (κ2) is 8.50. The van der Waals surface area contributed by atoms with Crippen LogP contribution >= 0.6 is 11.8 Å². The molecule has 0 aromatic carbocycles. The summed E-state index contributed by atoms with van der Waals surface area (Å²) in [5.74, 6) is 1.39. The molecule has 0 saturated heterocycles. The fourth-order valence-electron chi connectivity index (χ4n) is 2.11. The molecule has 0 spiro atoms. The first-order valence-corrected chi connectivity index (χ1v) is 8.96. The third-order valence-electron chi connectivity index (χ3n) is 3.60.